The number of sulfonamides is 1. The number of hydrogen-bond acceptors (Lipinski definition) is 4. The molecule has 2 unspecified atom stereocenters. The topological polar surface area (TPSA) is 67.4 Å². The molecule has 21 heavy (non-hydrogen) atoms. The Hall–Kier alpha value is -0.340. The van der Waals surface area contributed by atoms with Crippen LogP contribution in [0.15, 0.2) is 27.6 Å². The molecule has 0 aromatic heterocycles. The first-order valence-electron chi connectivity index (χ1n) is 6.51. The summed E-state index contributed by atoms with van der Waals surface area (Å²) >= 11 is 3.29. The second kappa shape index (κ2) is 7.78. The number of rotatable bonds is 4. The number of benzene rings is 1. The predicted molar refractivity (Wildman–Crippen MR) is 88.8 cm³/mol. The van der Waals surface area contributed by atoms with Crippen LogP contribution < -0.4 is 14.8 Å². The molecule has 0 aliphatic carbocycles. The highest BCUT2D eigenvalue weighted by Gasteiger charge is 2.26. The van der Waals surface area contributed by atoms with E-state index in [1.807, 2.05) is 0 Å². The van der Waals surface area contributed by atoms with Crippen molar-refractivity contribution in [3.05, 3.63) is 22.7 Å². The Morgan fingerprint density at radius 1 is 1.43 bits per heavy atom. The van der Waals surface area contributed by atoms with Gasteiger partial charge in [0, 0.05) is 22.6 Å². The summed E-state index contributed by atoms with van der Waals surface area (Å²) in [6.07, 6.45) is 1.59. The summed E-state index contributed by atoms with van der Waals surface area (Å²) in [5.41, 5.74) is 0. The van der Waals surface area contributed by atoms with Crippen molar-refractivity contribution in [2.24, 2.45) is 0 Å². The maximum atomic E-state index is 12.5. The van der Waals surface area contributed by atoms with Gasteiger partial charge in [-0.3, -0.25) is 0 Å². The number of piperidine rings is 1. The monoisotopic (exact) mass is 398 g/mol. The molecular weight excluding hydrogens is 380 g/mol. The smallest absolute Gasteiger partial charge is 0.242 e. The van der Waals surface area contributed by atoms with Gasteiger partial charge in [0.05, 0.1) is 12.0 Å². The molecule has 2 N–H and O–H groups in total. The largest absolute Gasteiger partial charge is 0.497 e. The average Bonchev–Trinajstić information content (AvgIpc) is 2.38. The molecule has 0 bridgehead atoms. The minimum atomic E-state index is -3.55. The van der Waals surface area contributed by atoms with Crippen molar-refractivity contribution < 1.29 is 13.2 Å². The quantitative estimate of drug-likeness (QED) is 0.815. The van der Waals surface area contributed by atoms with Crippen LogP contribution in [0.3, 0.4) is 0 Å². The molecule has 1 aliphatic heterocycles. The molecule has 0 spiro atoms. The lowest BCUT2D eigenvalue weighted by Crippen LogP contribution is -2.46. The van der Waals surface area contributed by atoms with Crippen molar-refractivity contribution in [2.75, 3.05) is 13.7 Å². The zero-order valence-corrected chi connectivity index (χ0v) is 15.1. The van der Waals surface area contributed by atoms with E-state index >= 15 is 0 Å². The molecule has 8 heteroatoms. The summed E-state index contributed by atoms with van der Waals surface area (Å²) in [7, 11) is -2.04. The van der Waals surface area contributed by atoms with Crippen LogP contribution in [0, 0.1) is 0 Å². The van der Waals surface area contributed by atoms with Crippen LogP contribution >= 0.6 is 28.3 Å². The van der Waals surface area contributed by atoms with Crippen LogP contribution in [0.1, 0.15) is 19.8 Å². The summed E-state index contributed by atoms with van der Waals surface area (Å²) in [4.78, 5) is 0.211. The van der Waals surface area contributed by atoms with Gasteiger partial charge in [0.25, 0.3) is 0 Å². The molecule has 2 atom stereocenters. The van der Waals surface area contributed by atoms with Crippen molar-refractivity contribution in [1.29, 1.82) is 0 Å². The molecule has 2 rings (SSSR count). The molecule has 0 radical (unpaired) electrons. The fourth-order valence-electron chi connectivity index (χ4n) is 2.34. The van der Waals surface area contributed by atoms with Gasteiger partial charge in [-0.2, -0.15) is 0 Å². The summed E-state index contributed by atoms with van der Waals surface area (Å²) in [6.45, 7) is 2.88. The third-order valence-electron chi connectivity index (χ3n) is 3.37. The van der Waals surface area contributed by atoms with Crippen LogP contribution in [-0.4, -0.2) is 34.2 Å². The van der Waals surface area contributed by atoms with Crippen LogP contribution in [0.5, 0.6) is 5.75 Å². The molecular formula is C13H20BrClN2O3S. The van der Waals surface area contributed by atoms with Gasteiger partial charge in [-0.1, -0.05) is 0 Å². The fourth-order valence-corrected chi connectivity index (χ4v) is 4.60. The van der Waals surface area contributed by atoms with Crippen LogP contribution in [0.25, 0.3) is 0 Å². The lowest BCUT2D eigenvalue weighted by Gasteiger charge is -2.28. The Kier molecular flexibility index (Phi) is 6.93. The highest BCUT2D eigenvalue weighted by molar-refractivity contribution is 9.10. The van der Waals surface area contributed by atoms with Crippen molar-refractivity contribution in [3.8, 4) is 5.75 Å². The first kappa shape index (κ1) is 18.7. The van der Waals surface area contributed by atoms with Gasteiger partial charge in [0.2, 0.25) is 10.0 Å². The first-order valence-corrected chi connectivity index (χ1v) is 8.79. The standard InChI is InChI=1S/C13H19BrN2O3S.ClH/c1-9-7-10(5-6-15-9)16-20(17,18)13-8-11(19-2)3-4-12(13)14;/h3-4,8-10,15-16H,5-7H2,1-2H3;1H. The lowest BCUT2D eigenvalue weighted by molar-refractivity contribution is 0.361. The van der Waals surface area contributed by atoms with Gasteiger partial charge in [-0.25, -0.2) is 13.1 Å². The second-order valence-corrected chi connectivity index (χ2v) is 7.53. The van der Waals surface area contributed by atoms with Crippen molar-refractivity contribution in [3.63, 3.8) is 0 Å². The van der Waals surface area contributed by atoms with E-state index in [1.165, 1.54) is 13.2 Å². The van der Waals surface area contributed by atoms with E-state index in [4.69, 9.17) is 4.74 Å². The van der Waals surface area contributed by atoms with Gasteiger partial charge in [0.1, 0.15) is 5.75 Å². The van der Waals surface area contributed by atoms with E-state index in [-0.39, 0.29) is 23.3 Å². The van der Waals surface area contributed by atoms with Crippen molar-refractivity contribution in [1.82, 2.24) is 10.0 Å². The molecule has 1 fully saturated rings. The highest BCUT2D eigenvalue weighted by Crippen LogP contribution is 2.27. The summed E-state index contributed by atoms with van der Waals surface area (Å²) in [5.74, 6) is 0.521. The highest BCUT2D eigenvalue weighted by atomic mass is 79.9. The number of hydrogen-bond donors (Lipinski definition) is 2. The van der Waals surface area contributed by atoms with Crippen LogP contribution in [-0.2, 0) is 10.0 Å². The van der Waals surface area contributed by atoms with Gasteiger partial charge in [0.15, 0.2) is 0 Å². The zero-order valence-electron chi connectivity index (χ0n) is 11.9. The Balaban J connectivity index is 0.00000220. The molecule has 5 nitrogen and oxygen atoms in total. The first-order chi connectivity index (χ1) is 9.42. The SMILES string of the molecule is COc1ccc(Br)c(S(=O)(=O)NC2CCNC(C)C2)c1.Cl. The molecule has 1 aliphatic rings. The molecule has 1 saturated heterocycles. The van der Waals surface area contributed by atoms with Crippen molar-refractivity contribution >= 4 is 38.4 Å². The van der Waals surface area contributed by atoms with E-state index in [2.05, 4.69) is 32.9 Å². The molecule has 120 valence electrons. The van der Waals surface area contributed by atoms with Crippen LogP contribution in [0.4, 0.5) is 0 Å². The second-order valence-electron chi connectivity index (χ2n) is 4.99. The molecule has 0 saturated carbocycles. The van der Waals surface area contributed by atoms with E-state index < -0.39 is 10.0 Å². The number of ether oxygens (including phenoxy) is 1. The minimum absolute atomic E-state index is 0. The summed E-state index contributed by atoms with van der Waals surface area (Å²) in [6, 6.07) is 5.21. The lowest BCUT2D eigenvalue weighted by atomic mass is 10.0. The van der Waals surface area contributed by atoms with E-state index in [9.17, 15) is 8.42 Å². The third-order valence-corrected chi connectivity index (χ3v) is 5.89. The molecule has 0 amide bonds. The normalized spacial score (nSPS) is 22.4. The number of methoxy groups -OCH3 is 1. The van der Waals surface area contributed by atoms with Gasteiger partial charge >= 0.3 is 0 Å². The number of nitrogens with one attached hydrogen (secondary N) is 2. The predicted octanol–water partition coefficient (Wildman–Crippen LogP) is 2.30. The van der Waals surface area contributed by atoms with Gasteiger partial charge < -0.3 is 10.1 Å². The Morgan fingerprint density at radius 3 is 2.76 bits per heavy atom. The van der Waals surface area contributed by atoms with Gasteiger partial charge in [-0.15, -0.1) is 12.4 Å². The minimum Gasteiger partial charge on any atom is -0.497 e. The Morgan fingerprint density at radius 2 is 2.14 bits per heavy atom. The maximum absolute atomic E-state index is 12.5. The molecule has 1 heterocycles. The van der Waals surface area contributed by atoms with Crippen LogP contribution in [0.2, 0.25) is 0 Å². The van der Waals surface area contributed by atoms with E-state index in [1.54, 1.807) is 12.1 Å². The summed E-state index contributed by atoms with van der Waals surface area (Å²) in [5, 5.41) is 3.30. The van der Waals surface area contributed by atoms with E-state index in [0.29, 0.717) is 16.3 Å². The zero-order chi connectivity index (χ0) is 14.8. The van der Waals surface area contributed by atoms with Crippen molar-refractivity contribution in [2.45, 2.75) is 36.7 Å². The Bertz CT molecular complexity index is 583. The average molecular weight is 400 g/mol. The fraction of sp³-hybridized carbons (Fsp3) is 0.538. The third kappa shape index (κ3) is 4.82. The Labute approximate surface area is 140 Å². The molecule has 1 aromatic rings. The van der Waals surface area contributed by atoms with E-state index in [0.717, 1.165) is 19.4 Å². The summed E-state index contributed by atoms with van der Waals surface area (Å²) < 4.78 is 33.4. The molecule has 1 aromatic carbocycles. The van der Waals surface area contributed by atoms with Gasteiger partial charge in [-0.05, 0) is 54.4 Å². The number of halogens is 2. The maximum Gasteiger partial charge on any atom is 0.242 e.